The molecule has 122 valence electrons. The van der Waals surface area contributed by atoms with Crippen LogP contribution in [0.5, 0.6) is 0 Å². The maximum absolute atomic E-state index is 11.3. The van der Waals surface area contributed by atoms with Crippen LogP contribution in [0.25, 0.3) is 0 Å². The van der Waals surface area contributed by atoms with Crippen LogP contribution in [0, 0.1) is 0 Å². The van der Waals surface area contributed by atoms with Crippen molar-refractivity contribution in [3.8, 4) is 0 Å². The monoisotopic (exact) mass is 303 g/mol. The Morgan fingerprint density at radius 1 is 1.24 bits per heavy atom. The molecule has 2 aliphatic rings. The lowest BCUT2D eigenvalue weighted by molar-refractivity contribution is -0.283. The van der Waals surface area contributed by atoms with Gasteiger partial charge in [-0.15, -0.1) is 0 Å². The number of amides is 1. The molecule has 1 saturated heterocycles. The van der Waals surface area contributed by atoms with Gasteiger partial charge in [0, 0.05) is 6.92 Å². The lowest BCUT2D eigenvalue weighted by Gasteiger charge is -2.43. The zero-order chi connectivity index (χ0) is 15.4. The molecule has 5 atom stereocenters. The standard InChI is InChI=1S/C14H25NO6/c1-8(17)15-11-13(19)12(18)10(7-16)21-14(11)20-9-5-3-2-4-6-9/h9-14,16,18-19H,2-7H2,1H3,(H,15,17)/t10-,11-,12-,13-,14-/m1/s1. The second kappa shape index (κ2) is 7.51. The van der Waals surface area contributed by atoms with Gasteiger partial charge in [-0.3, -0.25) is 4.79 Å². The van der Waals surface area contributed by atoms with E-state index >= 15 is 0 Å². The minimum atomic E-state index is -1.27. The van der Waals surface area contributed by atoms with Gasteiger partial charge < -0.3 is 30.1 Å². The number of aliphatic hydroxyl groups is 3. The van der Waals surface area contributed by atoms with Gasteiger partial charge >= 0.3 is 0 Å². The molecule has 1 amide bonds. The van der Waals surface area contributed by atoms with Crippen molar-refractivity contribution in [3.63, 3.8) is 0 Å². The summed E-state index contributed by atoms with van der Waals surface area (Å²) in [5, 5.41) is 31.9. The first-order chi connectivity index (χ1) is 10.0. The number of rotatable bonds is 4. The predicted molar refractivity (Wildman–Crippen MR) is 73.3 cm³/mol. The van der Waals surface area contributed by atoms with Crippen LogP contribution < -0.4 is 5.32 Å². The molecule has 0 unspecified atom stereocenters. The first-order valence-electron chi connectivity index (χ1n) is 7.58. The second-order valence-corrected chi connectivity index (χ2v) is 5.83. The third-order valence-electron chi connectivity index (χ3n) is 4.13. The van der Waals surface area contributed by atoms with Crippen molar-refractivity contribution in [2.75, 3.05) is 6.61 Å². The summed E-state index contributed by atoms with van der Waals surface area (Å²) in [5.74, 6) is -0.338. The average molecular weight is 303 g/mol. The van der Waals surface area contributed by atoms with Gasteiger partial charge in [0.2, 0.25) is 5.91 Å². The largest absolute Gasteiger partial charge is 0.394 e. The maximum atomic E-state index is 11.3. The fourth-order valence-corrected chi connectivity index (χ4v) is 2.98. The summed E-state index contributed by atoms with van der Waals surface area (Å²) < 4.78 is 11.4. The first kappa shape index (κ1) is 16.6. The highest BCUT2D eigenvalue weighted by Crippen LogP contribution is 2.27. The van der Waals surface area contributed by atoms with Crippen LogP contribution in [-0.2, 0) is 14.3 Å². The van der Waals surface area contributed by atoms with E-state index in [0.29, 0.717) is 0 Å². The Labute approximate surface area is 124 Å². The molecular weight excluding hydrogens is 278 g/mol. The molecule has 1 saturated carbocycles. The zero-order valence-corrected chi connectivity index (χ0v) is 12.3. The molecule has 0 radical (unpaired) electrons. The van der Waals surface area contributed by atoms with Crippen LogP contribution in [0.3, 0.4) is 0 Å². The van der Waals surface area contributed by atoms with Gasteiger partial charge in [0.25, 0.3) is 0 Å². The van der Waals surface area contributed by atoms with E-state index in [2.05, 4.69) is 5.32 Å². The minimum absolute atomic E-state index is 0.0155. The molecule has 7 heteroatoms. The third-order valence-corrected chi connectivity index (χ3v) is 4.13. The predicted octanol–water partition coefficient (Wildman–Crippen LogP) is -0.721. The Hall–Kier alpha value is -0.730. The van der Waals surface area contributed by atoms with Crippen LogP contribution in [-0.4, -0.2) is 64.6 Å². The third kappa shape index (κ3) is 4.14. The zero-order valence-electron chi connectivity index (χ0n) is 12.3. The molecule has 0 aromatic rings. The fraction of sp³-hybridized carbons (Fsp3) is 0.929. The Bertz CT molecular complexity index is 346. The van der Waals surface area contributed by atoms with Gasteiger partial charge in [-0.1, -0.05) is 19.3 Å². The van der Waals surface area contributed by atoms with Crippen molar-refractivity contribution in [1.29, 1.82) is 0 Å². The molecule has 21 heavy (non-hydrogen) atoms. The minimum Gasteiger partial charge on any atom is -0.394 e. The quantitative estimate of drug-likeness (QED) is 0.546. The fourth-order valence-electron chi connectivity index (χ4n) is 2.98. The van der Waals surface area contributed by atoms with E-state index in [0.717, 1.165) is 25.7 Å². The number of nitrogens with one attached hydrogen (secondary N) is 1. The van der Waals surface area contributed by atoms with E-state index < -0.39 is 37.3 Å². The molecule has 1 heterocycles. The van der Waals surface area contributed by atoms with Crippen LogP contribution in [0.2, 0.25) is 0 Å². The van der Waals surface area contributed by atoms with E-state index in [4.69, 9.17) is 9.47 Å². The van der Waals surface area contributed by atoms with Gasteiger partial charge in [-0.2, -0.15) is 0 Å². The van der Waals surface area contributed by atoms with E-state index in [9.17, 15) is 20.1 Å². The number of hydrogen-bond acceptors (Lipinski definition) is 6. The Morgan fingerprint density at radius 3 is 2.48 bits per heavy atom. The van der Waals surface area contributed by atoms with E-state index in [1.54, 1.807) is 0 Å². The Morgan fingerprint density at radius 2 is 1.90 bits per heavy atom. The van der Waals surface area contributed by atoms with Crippen molar-refractivity contribution < 1.29 is 29.6 Å². The van der Waals surface area contributed by atoms with Crippen molar-refractivity contribution in [1.82, 2.24) is 5.32 Å². The van der Waals surface area contributed by atoms with Gasteiger partial charge in [0.15, 0.2) is 6.29 Å². The van der Waals surface area contributed by atoms with Crippen molar-refractivity contribution in [2.45, 2.75) is 75.8 Å². The summed E-state index contributed by atoms with van der Waals surface area (Å²) in [4.78, 5) is 11.3. The highest BCUT2D eigenvalue weighted by atomic mass is 16.7. The van der Waals surface area contributed by atoms with Gasteiger partial charge in [-0.05, 0) is 12.8 Å². The normalized spacial score (nSPS) is 38.2. The molecule has 0 aromatic heterocycles. The van der Waals surface area contributed by atoms with Crippen LogP contribution in [0.1, 0.15) is 39.0 Å². The highest BCUT2D eigenvalue weighted by molar-refractivity contribution is 5.73. The van der Waals surface area contributed by atoms with E-state index in [1.807, 2.05) is 0 Å². The summed E-state index contributed by atoms with van der Waals surface area (Å²) in [6, 6.07) is -0.845. The van der Waals surface area contributed by atoms with Crippen molar-refractivity contribution >= 4 is 5.91 Å². The lowest BCUT2D eigenvalue weighted by Crippen LogP contribution is -2.65. The molecule has 2 rings (SSSR count). The Balaban J connectivity index is 2.06. The average Bonchev–Trinajstić information content (AvgIpc) is 2.47. The lowest BCUT2D eigenvalue weighted by atomic mass is 9.95. The summed E-state index contributed by atoms with van der Waals surface area (Å²) in [5.41, 5.74) is 0. The number of carbonyl (C=O) groups excluding carboxylic acids is 1. The highest BCUT2D eigenvalue weighted by Gasteiger charge is 2.46. The summed E-state index contributed by atoms with van der Waals surface area (Å²) >= 11 is 0. The molecule has 1 aliphatic carbocycles. The second-order valence-electron chi connectivity index (χ2n) is 5.83. The summed E-state index contributed by atoms with van der Waals surface area (Å²) in [6.07, 6.45) is 0.887. The first-order valence-corrected chi connectivity index (χ1v) is 7.58. The molecule has 0 aromatic carbocycles. The van der Waals surface area contributed by atoms with E-state index in [-0.39, 0.29) is 12.0 Å². The number of hydrogen-bond donors (Lipinski definition) is 4. The number of ether oxygens (including phenoxy) is 2. The number of aliphatic hydroxyl groups excluding tert-OH is 3. The molecule has 4 N–H and O–H groups in total. The van der Waals surface area contributed by atoms with Gasteiger partial charge in [0.05, 0.1) is 12.7 Å². The van der Waals surface area contributed by atoms with Gasteiger partial charge in [-0.25, -0.2) is 0 Å². The number of carbonyl (C=O) groups is 1. The molecular formula is C14H25NO6. The maximum Gasteiger partial charge on any atom is 0.217 e. The van der Waals surface area contributed by atoms with Crippen LogP contribution >= 0.6 is 0 Å². The van der Waals surface area contributed by atoms with Crippen molar-refractivity contribution in [3.05, 3.63) is 0 Å². The van der Waals surface area contributed by atoms with Crippen molar-refractivity contribution in [2.24, 2.45) is 0 Å². The molecule has 7 nitrogen and oxygen atoms in total. The molecule has 0 spiro atoms. The molecule has 1 aliphatic heterocycles. The summed E-state index contributed by atoms with van der Waals surface area (Å²) in [7, 11) is 0. The smallest absolute Gasteiger partial charge is 0.217 e. The van der Waals surface area contributed by atoms with Crippen LogP contribution in [0.15, 0.2) is 0 Å². The molecule has 2 fully saturated rings. The Kier molecular flexibility index (Phi) is 5.95. The summed E-state index contributed by atoms with van der Waals surface area (Å²) in [6.45, 7) is 0.907. The van der Waals surface area contributed by atoms with Crippen LogP contribution in [0.4, 0.5) is 0 Å². The topological polar surface area (TPSA) is 108 Å². The SMILES string of the molecule is CC(=O)N[C@H]1[C@H](OC2CCCCC2)O[C@H](CO)[C@@H](O)[C@@H]1O. The van der Waals surface area contributed by atoms with E-state index in [1.165, 1.54) is 13.3 Å². The molecule has 0 bridgehead atoms. The van der Waals surface area contributed by atoms with Gasteiger partial charge in [0.1, 0.15) is 24.4 Å².